The highest BCUT2D eigenvalue weighted by Crippen LogP contribution is 2.40. The zero-order valence-electron chi connectivity index (χ0n) is 14.2. The van der Waals surface area contributed by atoms with Gasteiger partial charge in [-0.05, 0) is 57.0 Å². The van der Waals surface area contributed by atoms with Crippen LogP contribution in [0.15, 0.2) is 0 Å². The highest BCUT2D eigenvalue weighted by molar-refractivity contribution is 5.74. The number of fused-ring (bicyclic) bond motifs is 1. The first-order chi connectivity index (χ1) is 10.7. The molecule has 0 aromatic rings. The number of nitrogens with zero attached hydrogens (tertiary/aromatic N) is 1. The van der Waals surface area contributed by atoms with Crippen molar-refractivity contribution < 1.29 is 4.79 Å². The van der Waals surface area contributed by atoms with Gasteiger partial charge in [0.05, 0.1) is 0 Å². The number of hydrogen-bond donors (Lipinski definition) is 2. The third-order valence-corrected chi connectivity index (χ3v) is 6.16. The molecule has 2 amide bonds. The molecule has 3 fully saturated rings. The first-order valence-electron chi connectivity index (χ1n) is 9.54. The van der Waals surface area contributed by atoms with E-state index in [0.29, 0.717) is 12.1 Å². The monoisotopic (exact) mass is 307 g/mol. The van der Waals surface area contributed by atoms with E-state index in [9.17, 15) is 4.79 Å². The minimum atomic E-state index is 0.0715. The van der Waals surface area contributed by atoms with Gasteiger partial charge in [0.1, 0.15) is 0 Å². The second kappa shape index (κ2) is 7.67. The van der Waals surface area contributed by atoms with Crippen LogP contribution < -0.4 is 10.6 Å². The Morgan fingerprint density at radius 3 is 2.55 bits per heavy atom. The molecule has 0 radical (unpaired) electrons. The maximum atomic E-state index is 12.3. The van der Waals surface area contributed by atoms with Crippen molar-refractivity contribution in [2.75, 3.05) is 19.6 Å². The molecule has 4 atom stereocenters. The number of likely N-dealkylation sites (tertiary alicyclic amines) is 1. The number of nitrogens with one attached hydrogen (secondary N) is 2. The number of carbonyl (C=O) groups excluding carboxylic acids is 1. The lowest BCUT2D eigenvalue weighted by atomic mass is 9.69. The van der Waals surface area contributed by atoms with Crippen LogP contribution in [0, 0.1) is 11.8 Å². The van der Waals surface area contributed by atoms with Crippen molar-refractivity contribution in [2.24, 2.45) is 11.8 Å². The first-order valence-corrected chi connectivity index (χ1v) is 9.54. The highest BCUT2D eigenvalue weighted by atomic mass is 16.2. The highest BCUT2D eigenvalue weighted by Gasteiger charge is 2.33. The quantitative estimate of drug-likeness (QED) is 0.841. The molecule has 3 rings (SSSR count). The van der Waals surface area contributed by atoms with Gasteiger partial charge in [-0.1, -0.05) is 32.6 Å². The van der Waals surface area contributed by atoms with Gasteiger partial charge in [-0.2, -0.15) is 0 Å². The van der Waals surface area contributed by atoms with Gasteiger partial charge in [0, 0.05) is 18.6 Å². The van der Waals surface area contributed by atoms with E-state index in [-0.39, 0.29) is 6.03 Å². The normalized spacial score (nSPS) is 36.4. The zero-order chi connectivity index (χ0) is 15.4. The largest absolute Gasteiger partial charge is 0.335 e. The summed E-state index contributed by atoms with van der Waals surface area (Å²) >= 11 is 0. The Labute approximate surface area is 135 Å². The van der Waals surface area contributed by atoms with Gasteiger partial charge in [0.25, 0.3) is 0 Å². The number of piperidine rings is 1. The zero-order valence-corrected chi connectivity index (χ0v) is 14.2. The van der Waals surface area contributed by atoms with E-state index in [1.54, 1.807) is 0 Å². The molecule has 0 spiro atoms. The smallest absolute Gasteiger partial charge is 0.315 e. The maximum Gasteiger partial charge on any atom is 0.315 e. The number of urea groups is 1. The van der Waals surface area contributed by atoms with Crippen molar-refractivity contribution in [3.8, 4) is 0 Å². The van der Waals surface area contributed by atoms with E-state index in [0.717, 1.165) is 31.3 Å². The van der Waals surface area contributed by atoms with Crippen LogP contribution in [0.3, 0.4) is 0 Å². The molecular formula is C18H33N3O. The predicted octanol–water partition coefficient (Wildman–Crippen LogP) is 3.13. The number of hydrogen-bond acceptors (Lipinski definition) is 2. The SMILES string of the molecule is CCN1CCC[C@H](NC(=O)N[C@@H]2CC[C@H]3CCCC[C@@H]3C2)C1. The van der Waals surface area contributed by atoms with Crippen LogP contribution >= 0.6 is 0 Å². The fourth-order valence-corrected chi connectivity index (χ4v) is 4.88. The Morgan fingerprint density at radius 2 is 1.73 bits per heavy atom. The molecule has 22 heavy (non-hydrogen) atoms. The lowest BCUT2D eigenvalue weighted by Crippen LogP contribution is -2.53. The van der Waals surface area contributed by atoms with Gasteiger partial charge < -0.3 is 15.5 Å². The van der Waals surface area contributed by atoms with Crippen LogP contribution in [0.1, 0.15) is 64.7 Å². The van der Waals surface area contributed by atoms with E-state index in [1.807, 2.05) is 0 Å². The molecule has 3 aliphatic rings. The van der Waals surface area contributed by atoms with Crippen molar-refractivity contribution in [1.82, 2.24) is 15.5 Å². The van der Waals surface area contributed by atoms with Crippen LogP contribution in [-0.2, 0) is 0 Å². The van der Waals surface area contributed by atoms with Crippen molar-refractivity contribution in [3.63, 3.8) is 0 Å². The third kappa shape index (κ3) is 4.15. The maximum absolute atomic E-state index is 12.3. The van der Waals surface area contributed by atoms with Crippen LogP contribution in [0.25, 0.3) is 0 Å². The molecule has 2 N–H and O–H groups in total. The van der Waals surface area contributed by atoms with Crippen molar-refractivity contribution >= 4 is 6.03 Å². The van der Waals surface area contributed by atoms with E-state index < -0.39 is 0 Å². The van der Waals surface area contributed by atoms with Gasteiger partial charge >= 0.3 is 6.03 Å². The van der Waals surface area contributed by atoms with E-state index in [1.165, 1.54) is 57.9 Å². The summed E-state index contributed by atoms with van der Waals surface area (Å²) in [4.78, 5) is 14.7. The molecule has 0 aromatic carbocycles. The van der Waals surface area contributed by atoms with Gasteiger partial charge in [0.2, 0.25) is 0 Å². The van der Waals surface area contributed by atoms with Crippen molar-refractivity contribution in [1.29, 1.82) is 0 Å². The Hall–Kier alpha value is -0.770. The fourth-order valence-electron chi connectivity index (χ4n) is 4.88. The average molecular weight is 307 g/mol. The molecule has 1 aliphatic heterocycles. The standard InChI is InChI=1S/C18H33N3O/c1-2-21-11-5-8-17(13-21)20-18(22)19-16-10-9-14-6-3-4-7-15(14)12-16/h14-17H,2-13H2,1H3,(H2,19,20,22)/t14-,15-,16-,17+/m1/s1. The minimum absolute atomic E-state index is 0.0715. The van der Waals surface area contributed by atoms with Gasteiger partial charge in [-0.25, -0.2) is 4.79 Å². The average Bonchev–Trinajstić information content (AvgIpc) is 2.55. The summed E-state index contributed by atoms with van der Waals surface area (Å²) < 4.78 is 0. The number of carbonyl (C=O) groups is 1. The summed E-state index contributed by atoms with van der Waals surface area (Å²) in [5, 5.41) is 6.47. The first kappa shape index (κ1) is 16.1. The van der Waals surface area contributed by atoms with Crippen LogP contribution in [0.4, 0.5) is 4.79 Å². The minimum Gasteiger partial charge on any atom is -0.335 e. The molecule has 126 valence electrons. The molecule has 0 aromatic heterocycles. The van der Waals surface area contributed by atoms with E-state index >= 15 is 0 Å². The lowest BCUT2D eigenvalue weighted by molar-refractivity contribution is 0.142. The molecule has 4 heteroatoms. The Morgan fingerprint density at radius 1 is 0.955 bits per heavy atom. The summed E-state index contributed by atoms with van der Waals surface area (Å²) in [6.45, 7) is 5.48. The van der Waals surface area contributed by atoms with Gasteiger partial charge in [-0.3, -0.25) is 0 Å². The predicted molar refractivity (Wildman–Crippen MR) is 89.9 cm³/mol. The molecule has 2 aliphatic carbocycles. The van der Waals surface area contributed by atoms with E-state index in [2.05, 4.69) is 22.5 Å². The lowest BCUT2D eigenvalue weighted by Gasteiger charge is -2.39. The molecule has 0 unspecified atom stereocenters. The summed E-state index contributed by atoms with van der Waals surface area (Å²) in [5.41, 5.74) is 0. The number of rotatable bonds is 3. The summed E-state index contributed by atoms with van der Waals surface area (Å²) in [6, 6.07) is 0.812. The van der Waals surface area contributed by atoms with Gasteiger partial charge in [0.15, 0.2) is 0 Å². The topological polar surface area (TPSA) is 44.4 Å². The second-order valence-electron chi connectivity index (χ2n) is 7.66. The Balaban J connectivity index is 1.42. The molecule has 1 heterocycles. The number of amides is 2. The third-order valence-electron chi connectivity index (χ3n) is 6.16. The summed E-state index contributed by atoms with van der Waals surface area (Å²) in [7, 11) is 0. The summed E-state index contributed by atoms with van der Waals surface area (Å²) in [5.74, 6) is 1.82. The second-order valence-corrected chi connectivity index (χ2v) is 7.66. The van der Waals surface area contributed by atoms with Crippen molar-refractivity contribution in [3.05, 3.63) is 0 Å². The molecule has 1 saturated heterocycles. The Kier molecular flexibility index (Phi) is 5.61. The van der Waals surface area contributed by atoms with Crippen LogP contribution in [0.2, 0.25) is 0 Å². The molecule has 2 saturated carbocycles. The number of likely N-dealkylation sites (N-methyl/N-ethyl adjacent to an activating group) is 1. The molecular weight excluding hydrogens is 274 g/mol. The molecule has 4 nitrogen and oxygen atoms in total. The van der Waals surface area contributed by atoms with E-state index in [4.69, 9.17) is 0 Å². The van der Waals surface area contributed by atoms with Gasteiger partial charge in [-0.15, -0.1) is 0 Å². The summed E-state index contributed by atoms with van der Waals surface area (Å²) in [6.07, 6.45) is 11.7. The molecule has 0 bridgehead atoms. The fraction of sp³-hybridized carbons (Fsp3) is 0.944. The van der Waals surface area contributed by atoms with Crippen LogP contribution in [-0.4, -0.2) is 42.6 Å². The van der Waals surface area contributed by atoms with Crippen LogP contribution in [0.5, 0.6) is 0 Å². The van der Waals surface area contributed by atoms with Crippen molar-refractivity contribution in [2.45, 2.75) is 76.8 Å². The Bertz CT molecular complexity index is 373.